The fraction of sp³-hybridized carbons (Fsp3) is 0.231. The first kappa shape index (κ1) is 14.0. The van der Waals surface area contributed by atoms with E-state index in [9.17, 15) is 4.39 Å². The molecular formula is C13H12BrClFNS. The monoisotopic (exact) mass is 347 g/mol. The van der Waals surface area contributed by atoms with E-state index in [1.54, 1.807) is 17.4 Å². The van der Waals surface area contributed by atoms with Crippen molar-refractivity contribution in [2.75, 3.05) is 7.05 Å². The highest BCUT2D eigenvalue weighted by molar-refractivity contribution is 9.10. The van der Waals surface area contributed by atoms with E-state index in [0.29, 0.717) is 0 Å². The van der Waals surface area contributed by atoms with Gasteiger partial charge in [-0.25, -0.2) is 4.39 Å². The Hall–Kier alpha value is -0.420. The van der Waals surface area contributed by atoms with Crippen LogP contribution in [-0.4, -0.2) is 7.05 Å². The predicted molar refractivity (Wildman–Crippen MR) is 79.1 cm³/mol. The molecule has 0 saturated heterocycles. The van der Waals surface area contributed by atoms with Crippen molar-refractivity contribution in [3.05, 3.63) is 54.9 Å². The zero-order valence-corrected chi connectivity index (χ0v) is 13.1. The van der Waals surface area contributed by atoms with Crippen LogP contribution in [0.25, 0.3) is 0 Å². The zero-order chi connectivity index (χ0) is 13.3. The molecule has 18 heavy (non-hydrogen) atoms. The van der Waals surface area contributed by atoms with Crippen LogP contribution in [0.1, 0.15) is 22.0 Å². The van der Waals surface area contributed by atoms with Crippen LogP contribution in [0.2, 0.25) is 4.34 Å². The molecule has 96 valence electrons. The van der Waals surface area contributed by atoms with Crippen LogP contribution in [0, 0.1) is 12.7 Å². The van der Waals surface area contributed by atoms with Crippen molar-refractivity contribution in [3.8, 4) is 0 Å². The van der Waals surface area contributed by atoms with Gasteiger partial charge < -0.3 is 5.32 Å². The number of benzene rings is 1. The van der Waals surface area contributed by atoms with Crippen molar-refractivity contribution in [3.63, 3.8) is 0 Å². The predicted octanol–water partition coefficient (Wildman–Crippen LogP) is 4.92. The van der Waals surface area contributed by atoms with Gasteiger partial charge in [0.1, 0.15) is 5.82 Å². The summed E-state index contributed by atoms with van der Waals surface area (Å²) in [6.07, 6.45) is 0. The molecule has 0 saturated carbocycles. The lowest BCUT2D eigenvalue weighted by Gasteiger charge is -2.16. The topological polar surface area (TPSA) is 12.0 Å². The summed E-state index contributed by atoms with van der Waals surface area (Å²) in [6, 6.07) is 6.79. The second-order valence-electron chi connectivity index (χ2n) is 3.99. The molecule has 0 radical (unpaired) electrons. The first-order valence-electron chi connectivity index (χ1n) is 5.41. The van der Waals surface area contributed by atoms with Gasteiger partial charge in [-0.15, -0.1) is 11.3 Å². The zero-order valence-electron chi connectivity index (χ0n) is 9.93. The van der Waals surface area contributed by atoms with Gasteiger partial charge in [0.2, 0.25) is 0 Å². The molecule has 0 aliphatic rings. The highest BCUT2D eigenvalue weighted by Gasteiger charge is 2.18. The summed E-state index contributed by atoms with van der Waals surface area (Å²) in [5, 5.41) is 3.23. The van der Waals surface area contributed by atoms with Gasteiger partial charge in [-0.2, -0.15) is 0 Å². The minimum Gasteiger partial charge on any atom is -0.309 e. The standard InChI is InChI=1S/C13H12BrClFNS/c1-7-5-11(18-13(7)15)12(17-2)9-4-3-8(16)6-10(9)14/h3-6,12,17H,1-2H3. The summed E-state index contributed by atoms with van der Waals surface area (Å²) >= 11 is 11.0. The lowest BCUT2D eigenvalue weighted by Crippen LogP contribution is -2.17. The molecule has 0 aliphatic heterocycles. The summed E-state index contributed by atoms with van der Waals surface area (Å²) < 4.78 is 14.7. The quantitative estimate of drug-likeness (QED) is 0.830. The molecule has 0 amide bonds. The number of halogens is 3. The van der Waals surface area contributed by atoms with Crippen molar-refractivity contribution in [2.24, 2.45) is 0 Å². The van der Waals surface area contributed by atoms with Gasteiger partial charge in [-0.05, 0) is 43.3 Å². The first-order chi connectivity index (χ1) is 8.52. The van der Waals surface area contributed by atoms with Gasteiger partial charge in [0, 0.05) is 9.35 Å². The van der Waals surface area contributed by atoms with Crippen molar-refractivity contribution in [1.82, 2.24) is 5.32 Å². The molecule has 5 heteroatoms. The Morgan fingerprint density at radius 2 is 2.11 bits per heavy atom. The molecule has 2 rings (SSSR count). The van der Waals surface area contributed by atoms with Crippen LogP contribution in [0.15, 0.2) is 28.7 Å². The molecule has 1 N–H and O–H groups in total. The summed E-state index contributed by atoms with van der Waals surface area (Å²) in [6.45, 7) is 1.98. The van der Waals surface area contributed by atoms with E-state index >= 15 is 0 Å². The SMILES string of the molecule is CNC(c1cc(C)c(Cl)s1)c1ccc(F)cc1Br. The van der Waals surface area contributed by atoms with Gasteiger partial charge in [0.25, 0.3) is 0 Å². The minimum absolute atomic E-state index is 0.0103. The molecule has 0 fully saturated rings. The van der Waals surface area contributed by atoms with Crippen LogP contribution >= 0.6 is 38.9 Å². The van der Waals surface area contributed by atoms with Crippen molar-refractivity contribution >= 4 is 38.9 Å². The number of nitrogens with one attached hydrogen (secondary N) is 1. The number of rotatable bonds is 3. The van der Waals surface area contributed by atoms with E-state index < -0.39 is 0 Å². The molecule has 1 atom stereocenters. The van der Waals surface area contributed by atoms with E-state index in [2.05, 4.69) is 27.3 Å². The molecule has 1 aromatic heterocycles. The Balaban J connectivity index is 2.45. The summed E-state index contributed by atoms with van der Waals surface area (Å²) in [5.41, 5.74) is 2.06. The molecule has 2 aromatic rings. The second-order valence-corrected chi connectivity index (χ2v) is 6.53. The fourth-order valence-electron chi connectivity index (χ4n) is 1.81. The third kappa shape index (κ3) is 2.77. The Morgan fingerprint density at radius 1 is 1.39 bits per heavy atom. The lowest BCUT2D eigenvalue weighted by molar-refractivity contribution is 0.622. The van der Waals surface area contributed by atoms with Gasteiger partial charge in [-0.1, -0.05) is 33.6 Å². The third-order valence-corrected chi connectivity index (χ3v) is 5.03. The van der Waals surface area contributed by atoms with E-state index in [4.69, 9.17) is 11.6 Å². The third-order valence-electron chi connectivity index (χ3n) is 2.72. The smallest absolute Gasteiger partial charge is 0.124 e. The van der Waals surface area contributed by atoms with Crippen LogP contribution < -0.4 is 5.32 Å². The normalized spacial score (nSPS) is 12.7. The van der Waals surface area contributed by atoms with E-state index in [1.165, 1.54) is 12.1 Å². The van der Waals surface area contributed by atoms with Crippen LogP contribution in [0.3, 0.4) is 0 Å². The maximum atomic E-state index is 13.1. The number of aryl methyl sites for hydroxylation is 1. The lowest BCUT2D eigenvalue weighted by atomic mass is 10.1. The van der Waals surface area contributed by atoms with Gasteiger partial charge in [0.15, 0.2) is 0 Å². The largest absolute Gasteiger partial charge is 0.309 e. The first-order valence-corrected chi connectivity index (χ1v) is 7.39. The van der Waals surface area contributed by atoms with E-state index in [-0.39, 0.29) is 11.9 Å². The molecule has 0 aliphatic carbocycles. The number of hydrogen-bond acceptors (Lipinski definition) is 2. The molecular weight excluding hydrogens is 337 g/mol. The van der Waals surface area contributed by atoms with E-state index in [0.717, 1.165) is 24.8 Å². The summed E-state index contributed by atoms with van der Waals surface area (Å²) in [4.78, 5) is 1.12. The van der Waals surface area contributed by atoms with Gasteiger partial charge in [0.05, 0.1) is 10.4 Å². The number of thiophene rings is 1. The Morgan fingerprint density at radius 3 is 2.61 bits per heavy atom. The van der Waals surface area contributed by atoms with Crippen molar-refractivity contribution < 1.29 is 4.39 Å². The molecule has 0 bridgehead atoms. The summed E-state index contributed by atoms with van der Waals surface area (Å²) in [7, 11) is 1.88. The van der Waals surface area contributed by atoms with Crippen LogP contribution in [0.5, 0.6) is 0 Å². The second kappa shape index (κ2) is 5.70. The summed E-state index contributed by atoms with van der Waals surface area (Å²) in [5.74, 6) is -0.249. The maximum absolute atomic E-state index is 13.1. The Labute approximate surface area is 123 Å². The van der Waals surface area contributed by atoms with Crippen LogP contribution in [-0.2, 0) is 0 Å². The molecule has 1 nitrogen and oxygen atoms in total. The molecule has 0 spiro atoms. The molecule has 1 heterocycles. The minimum atomic E-state index is -0.249. The highest BCUT2D eigenvalue weighted by Crippen LogP contribution is 2.36. The van der Waals surface area contributed by atoms with Crippen molar-refractivity contribution in [2.45, 2.75) is 13.0 Å². The van der Waals surface area contributed by atoms with Gasteiger partial charge in [-0.3, -0.25) is 0 Å². The molecule has 1 aromatic carbocycles. The van der Waals surface area contributed by atoms with Gasteiger partial charge >= 0.3 is 0 Å². The average molecular weight is 349 g/mol. The maximum Gasteiger partial charge on any atom is 0.124 e. The molecule has 1 unspecified atom stereocenters. The average Bonchev–Trinajstić information content (AvgIpc) is 2.63. The fourth-order valence-corrected chi connectivity index (χ4v) is 3.74. The number of hydrogen-bond donors (Lipinski definition) is 1. The Kier molecular flexibility index (Phi) is 4.43. The van der Waals surface area contributed by atoms with Crippen LogP contribution in [0.4, 0.5) is 4.39 Å². The Bertz CT molecular complexity index is 551. The van der Waals surface area contributed by atoms with Crippen molar-refractivity contribution in [1.29, 1.82) is 0 Å². The highest BCUT2D eigenvalue weighted by atomic mass is 79.9. The van der Waals surface area contributed by atoms with E-state index in [1.807, 2.05) is 14.0 Å².